The summed E-state index contributed by atoms with van der Waals surface area (Å²) in [5, 5.41) is 22.1. The maximum Gasteiger partial charge on any atom is 0.407 e. The number of nitrogens with zero attached hydrogens (tertiary/aromatic N) is 4. The van der Waals surface area contributed by atoms with E-state index in [0.29, 0.717) is 29.0 Å². The number of carboxylic acid groups (broad SMARTS) is 1. The van der Waals surface area contributed by atoms with E-state index in [-0.39, 0.29) is 18.6 Å². The van der Waals surface area contributed by atoms with Gasteiger partial charge >= 0.3 is 6.09 Å². The zero-order valence-corrected chi connectivity index (χ0v) is 16.6. The number of aliphatic hydroxyl groups is 1. The molecule has 0 unspecified atom stereocenters. The van der Waals surface area contributed by atoms with Gasteiger partial charge in [0.1, 0.15) is 0 Å². The Morgan fingerprint density at radius 2 is 2.07 bits per heavy atom. The first-order valence-electron chi connectivity index (χ1n) is 9.48. The smallest absolute Gasteiger partial charge is 0.407 e. The molecule has 1 atom stereocenters. The second-order valence-corrected chi connectivity index (χ2v) is 8.65. The highest BCUT2D eigenvalue weighted by atomic mass is 32.2. The lowest BCUT2D eigenvalue weighted by atomic mass is 9.66. The van der Waals surface area contributed by atoms with Gasteiger partial charge in [0.15, 0.2) is 5.16 Å². The molecule has 4 rings (SSSR count). The third-order valence-corrected chi connectivity index (χ3v) is 6.98. The summed E-state index contributed by atoms with van der Waals surface area (Å²) in [5.74, 6) is 0. The molecule has 8 nitrogen and oxygen atoms in total. The van der Waals surface area contributed by atoms with Gasteiger partial charge in [0.2, 0.25) is 0 Å². The van der Waals surface area contributed by atoms with Crippen LogP contribution < -0.4 is 5.56 Å². The molecule has 0 radical (unpaired) electrons. The second-order valence-electron chi connectivity index (χ2n) is 7.88. The number of aromatic nitrogens is 3. The Kier molecular flexibility index (Phi) is 4.83. The van der Waals surface area contributed by atoms with Crippen LogP contribution in [0.25, 0.3) is 10.9 Å². The van der Waals surface area contributed by atoms with Crippen molar-refractivity contribution in [2.75, 3.05) is 19.3 Å². The summed E-state index contributed by atoms with van der Waals surface area (Å²) >= 11 is 1.41. The molecule has 2 N–H and O–H groups in total. The van der Waals surface area contributed by atoms with E-state index in [9.17, 15) is 19.8 Å². The van der Waals surface area contributed by atoms with Crippen LogP contribution in [0.2, 0.25) is 0 Å². The number of pyridine rings is 1. The third-order valence-electron chi connectivity index (χ3n) is 6.42. The monoisotopic (exact) mass is 404 g/mol. The lowest BCUT2D eigenvalue weighted by Crippen LogP contribution is -2.62. The van der Waals surface area contributed by atoms with E-state index in [0.717, 1.165) is 25.7 Å². The molecule has 1 saturated carbocycles. The van der Waals surface area contributed by atoms with Crippen molar-refractivity contribution in [2.24, 2.45) is 5.41 Å². The number of likely N-dealkylation sites (tertiary alicyclic amines) is 1. The summed E-state index contributed by atoms with van der Waals surface area (Å²) in [7, 11) is 0. The van der Waals surface area contributed by atoms with E-state index >= 15 is 0 Å². The van der Waals surface area contributed by atoms with Crippen LogP contribution in [0.3, 0.4) is 0 Å². The molecule has 1 aliphatic heterocycles. The van der Waals surface area contributed by atoms with Crippen LogP contribution in [0.15, 0.2) is 28.4 Å². The van der Waals surface area contributed by atoms with E-state index in [2.05, 4.69) is 9.97 Å². The van der Waals surface area contributed by atoms with E-state index in [1.807, 2.05) is 6.26 Å². The molecule has 0 bridgehead atoms. The Hall–Kier alpha value is -2.13. The topological polar surface area (TPSA) is 109 Å². The molecule has 2 fully saturated rings. The highest BCUT2D eigenvalue weighted by molar-refractivity contribution is 7.98. The van der Waals surface area contributed by atoms with Crippen molar-refractivity contribution in [1.82, 2.24) is 19.4 Å². The zero-order valence-electron chi connectivity index (χ0n) is 15.8. The van der Waals surface area contributed by atoms with Gasteiger partial charge in [-0.2, -0.15) is 0 Å². The molecule has 1 saturated heterocycles. The molecule has 3 heterocycles. The molecule has 2 aromatic heterocycles. The highest BCUT2D eigenvalue weighted by Gasteiger charge is 2.55. The molecule has 150 valence electrons. The minimum atomic E-state index is -1.12. The van der Waals surface area contributed by atoms with Gasteiger partial charge in [-0.15, -0.1) is 0 Å². The Morgan fingerprint density at radius 3 is 2.75 bits per heavy atom. The standard InChI is InChI=1S/C19H24N4O4S/c1-28-16-20-10-13-14(21-16)4-8-22(15(13)24)12-19(27)7-9-23(17(25)26)11-18(19)5-2-3-6-18/h4,8,10,27H,2-3,5-7,9,11-12H2,1H3,(H,25,26)/t19-/m0/s1. The predicted molar refractivity (Wildman–Crippen MR) is 106 cm³/mol. The molecule has 2 aliphatic rings. The summed E-state index contributed by atoms with van der Waals surface area (Å²) in [4.78, 5) is 34.4. The second kappa shape index (κ2) is 7.04. The van der Waals surface area contributed by atoms with Crippen molar-refractivity contribution in [2.45, 2.75) is 49.4 Å². The number of fused-ring (bicyclic) bond motifs is 1. The minimum absolute atomic E-state index is 0.152. The first-order chi connectivity index (χ1) is 13.4. The highest BCUT2D eigenvalue weighted by Crippen LogP contribution is 2.51. The van der Waals surface area contributed by atoms with Gasteiger partial charge in [-0.3, -0.25) is 4.79 Å². The van der Waals surface area contributed by atoms with Gasteiger partial charge in [-0.25, -0.2) is 14.8 Å². The predicted octanol–water partition coefficient (Wildman–Crippen LogP) is 2.19. The van der Waals surface area contributed by atoms with Crippen molar-refractivity contribution in [1.29, 1.82) is 0 Å². The van der Waals surface area contributed by atoms with E-state index in [1.54, 1.807) is 12.3 Å². The fourth-order valence-electron chi connectivity index (χ4n) is 4.82. The average Bonchev–Trinajstić information content (AvgIpc) is 3.16. The number of piperidine rings is 1. The zero-order chi connectivity index (χ0) is 19.9. The molecular weight excluding hydrogens is 380 g/mol. The molecule has 28 heavy (non-hydrogen) atoms. The van der Waals surface area contributed by atoms with Crippen LogP contribution >= 0.6 is 11.8 Å². The van der Waals surface area contributed by atoms with Gasteiger partial charge in [0.25, 0.3) is 5.56 Å². The summed E-state index contributed by atoms with van der Waals surface area (Å²) in [6, 6.07) is 1.77. The summed E-state index contributed by atoms with van der Waals surface area (Å²) < 4.78 is 1.53. The van der Waals surface area contributed by atoms with Gasteiger partial charge in [0.05, 0.1) is 23.0 Å². The molecule has 2 aromatic rings. The average molecular weight is 404 g/mol. The number of hydrogen-bond acceptors (Lipinski definition) is 6. The number of carbonyl (C=O) groups is 1. The van der Waals surface area contributed by atoms with Gasteiger partial charge in [-0.1, -0.05) is 24.6 Å². The summed E-state index contributed by atoms with van der Waals surface area (Å²) in [6.07, 6.45) is 7.95. The molecule has 9 heteroatoms. The first kappa shape index (κ1) is 19.2. The summed E-state index contributed by atoms with van der Waals surface area (Å²) in [5.41, 5.74) is -1.26. The normalized spacial score (nSPS) is 24.1. The van der Waals surface area contributed by atoms with Crippen molar-refractivity contribution in [3.05, 3.63) is 28.8 Å². The van der Waals surface area contributed by atoms with Crippen molar-refractivity contribution in [3.63, 3.8) is 0 Å². The van der Waals surface area contributed by atoms with E-state index < -0.39 is 17.1 Å². The maximum atomic E-state index is 13.0. The van der Waals surface area contributed by atoms with Crippen molar-refractivity contribution in [3.8, 4) is 0 Å². The number of hydrogen-bond donors (Lipinski definition) is 2. The maximum absolute atomic E-state index is 13.0. The van der Waals surface area contributed by atoms with Crippen LogP contribution in [-0.4, -0.2) is 60.7 Å². The Labute approximate surface area is 166 Å². The Bertz CT molecular complexity index is 972. The quantitative estimate of drug-likeness (QED) is 0.596. The first-order valence-corrected chi connectivity index (χ1v) is 10.7. The SMILES string of the molecule is CSc1ncc2c(=O)n(C[C@@]3(O)CCN(C(=O)O)CC34CCCC4)ccc2n1. The van der Waals surface area contributed by atoms with Crippen molar-refractivity contribution < 1.29 is 15.0 Å². The van der Waals surface area contributed by atoms with E-state index in [4.69, 9.17) is 0 Å². The Balaban J connectivity index is 1.70. The van der Waals surface area contributed by atoms with Crippen LogP contribution in [0, 0.1) is 5.41 Å². The van der Waals surface area contributed by atoms with Gasteiger partial charge < -0.3 is 19.7 Å². The lowest BCUT2D eigenvalue weighted by molar-refractivity contribution is -0.137. The van der Waals surface area contributed by atoms with Gasteiger partial charge in [0, 0.05) is 30.9 Å². The Morgan fingerprint density at radius 1 is 1.32 bits per heavy atom. The largest absolute Gasteiger partial charge is 0.465 e. The lowest BCUT2D eigenvalue weighted by Gasteiger charge is -2.51. The molecule has 1 spiro atoms. The van der Waals surface area contributed by atoms with Crippen LogP contribution in [0.1, 0.15) is 32.1 Å². The van der Waals surface area contributed by atoms with Crippen LogP contribution in [0.5, 0.6) is 0 Å². The fourth-order valence-corrected chi connectivity index (χ4v) is 5.17. The summed E-state index contributed by atoms with van der Waals surface area (Å²) in [6.45, 7) is 0.747. The van der Waals surface area contributed by atoms with Crippen molar-refractivity contribution >= 4 is 28.8 Å². The number of amides is 1. The van der Waals surface area contributed by atoms with Gasteiger partial charge in [-0.05, 0) is 31.6 Å². The molecule has 1 amide bonds. The number of rotatable bonds is 3. The molecular formula is C19H24N4O4S. The molecule has 0 aromatic carbocycles. The van der Waals surface area contributed by atoms with E-state index in [1.165, 1.54) is 27.4 Å². The van der Waals surface area contributed by atoms with Crippen LogP contribution in [-0.2, 0) is 6.54 Å². The minimum Gasteiger partial charge on any atom is -0.465 e. The third kappa shape index (κ3) is 3.06. The number of thioether (sulfide) groups is 1. The molecule has 1 aliphatic carbocycles. The fraction of sp³-hybridized carbons (Fsp3) is 0.579. The van der Waals surface area contributed by atoms with Crippen LogP contribution in [0.4, 0.5) is 4.79 Å².